The lowest BCUT2D eigenvalue weighted by Crippen LogP contribution is -2.39. The van der Waals surface area contributed by atoms with Crippen LogP contribution in [-0.4, -0.2) is 37.0 Å². The van der Waals surface area contributed by atoms with Gasteiger partial charge in [-0.25, -0.2) is 0 Å². The molecule has 3 amide bonds. The summed E-state index contributed by atoms with van der Waals surface area (Å²) in [7, 11) is 0. The van der Waals surface area contributed by atoms with E-state index in [2.05, 4.69) is 16.0 Å². The summed E-state index contributed by atoms with van der Waals surface area (Å²) in [5.41, 5.74) is 1.10. The molecule has 1 heterocycles. The number of carbonyl (C=O) groups is 3. The van der Waals surface area contributed by atoms with Crippen LogP contribution in [0.5, 0.6) is 0 Å². The third-order valence-electron chi connectivity index (χ3n) is 3.18. The Labute approximate surface area is 128 Å². The van der Waals surface area contributed by atoms with Crippen LogP contribution in [0.1, 0.15) is 19.8 Å². The minimum Gasteiger partial charge on any atom is -0.376 e. The molecule has 0 aliphatic carbocycles. The van der Waals surface area contributed by atoms with Crippen LogP contribution >= 0.6 is 0 Å². The molecule has 1 aromatic rings. The Kier molecular flexibility index (Phi) is 5.48. The highest BCUT2D eigenvalue weighted by Gasteiger charge is 2.19. The maximum atomic E-state index is 11.7. The zero-order chi connectivity index (χ0) is 15.9. The van der Waals surface area contributed by atoms with Crippen molar-refractivity contribution in [2.75, 3.05) is 23.8 Å². The molecule has 1 unspecified atom stereocenters. The molecule has 2 rings (SSSR count). The van der Waals surface area contributed by atoms with Crippen LogP contribution in [0.3, 0.4) is 0 Å². The van der Waals surface area contributed by atoms with Gasteiger partial charge in [-0.1, -0.05) is 0 Å². The first kappa shape index (κ1) is 16.0. The fourth-order valence-electron chi connectivity index (χ4n) is 2.12. The zero-order valence-electron chi connectivity index (χ0n) is 12.3. The average molecular weight is 305 g/mol. The molecule has 1 fully saturated rings. The average Bonchev–Trinajstić information content (AvgIpc) is 2.99. The number of ether oxygens (including phenoxy) is 1. The van der Waals surface area contributed by atoms with E-state index in [0.29, 0.717) is 24.5 Å². The minimum atomic E-state index is -0.731. The second-order valence-corrected chi connectivity index (χ2v) is 5.06. The number of anilines is 2. The van der Waals surface area contributed by atoms with Gasteiger partial charge in [0, 0.05) is 31.5 Å². The number of rotatable bonds is 4. The van der Waals surface area contributed by atoms with Crippen molar-refractivity contribution >= 4 is 29.1 Å². The summed E-state index contributed by atoms with van der Waals surface area (Å²) in [5.74, 6) is -1.60. The van der Waals surface area contributed by atoms with E-state index in [9.17, 15) is 14.4 Å². The molecular weight excluding hydrogens is 286 g/mol. The zero-order valence-corrected chi connectivity index (χ0v) is 12.3. The van der Waals surface area contributed by atoms with Crippen LogP contribution < -0.4 is 16.0 Å². The van der Waals surface area contributed by atoms with E-state index in [0.717, 1.165) is 12.8 Å². The Bertz CT molecular complexity index is 550. The van der Waals surface area contributed by atoms with E-state index >= 15 is 0 Å². The molecule has 1 aromatic carbocycles. The summed E-state index contributed by atoms with van der Waals surface area (Å²) in [6, 6.07) is 6.50. The Morgan fingerprint density at radius 1 is 1.09 bits per heavy atom. The SMILES string of the molecule is CC(=O)Nc1ccc(NC(=O)C(=O)NCC2CCCO2)cc1. The van der Waals surface area contributed by atoms with Crippen molar-refractivity contribution in [1.29, 1.82) is 0 Å². The fourth-order valence-corrected chi connectivity index (χ4v) is 2.12. The van der Waals surface area contributed by atoms with Crippen molar-refractivity contribution < 1.29 is 19.1 Å². The molecule has 7 nitrogen and oxygen atoms in total. The summed E-state index contributed by atoms with van der Waals surface area (Å²) < 4.78 is 5.37. The molecular formula is C15H19N3O4. The Morgan fingerprint density at radius 3 is 2.27 bits per heavy atom. The van der Waals surface area contributed by atoms with Gasteiger partial charge in [0.15, 0.2) is 0 Å². The Morgan fingerprint density at radius 2 is 1.73 bits per heavy atom. The molecule has 118 valence electrons. The summed E-state index contributed by atoms with van der Waals surface area (Å²) in [4.78, 5) is 34.3. The van der Waals surface area contributed by atoms with Crippen LogP contribution in [0, 0.1) is 0 Å². The fraction of sp³-hybridized carbons (Fsp3) is 0.400. The second kappa shape index (κ2) is 7.56. The quantitative estimate of drug-likeness (QED) is 0.719. The normalized spacial score (nSPS) is 16.9. The number of benzene rings is 1. The van der Waals surface area contributed by atoms with Crippen LogP contribution in [0.25, 0.3) is 0 Å². The molecule has 1 saturated heterocycles. The molecule has 7 heteroatoms. The van der Waals surface area contributed by atoms with Crippen molar-refractivity contribution in [3.8, 4) is 0 Å². The van der Waals surface area contributed by atoms with Gasteiger partial charge in [-0.2, -0.15) is 0 Å². The van der Waals surface area contributed by atoms with Crippen molar-refractivity contribution in [3.05, 3.63) is 24.3 Å². The van der Waals surface area contributed by atoms with Crippen molar-refractivity contribution in [1.82, 2.24) is 5.32 Å². The molecule has 0 saturated carbocycles. The van der Waals surface area contributed by atoms with Gasteiger partial charge < -0.3 is 20.7 Å². The lowest BCUT2D eigenvalue weighted by molar-refractivity contribution is -0.136. The molecule has 22 heavy (non-hydrogen) atoms. The first-order valence-electron chi connectivity index (χ1n) is 7.13. The molecule has 0 spiro atoms. The Balaban J connectivity index is 1.79. The molecule has 0 radical (unpaired) electrons. The van der Waals surface area contributed by atoms with E-state index < -0.39 is 11.8 Å². The third-order valence-corrected chi connectivity index (χ3v) is 3.18. The highest BCUT2D eigenvalue weighted by Crippen LogP contribution is 2.13. The first-order valence-corrected chi connectivity index (χ1v) is 7.13. The lowest BCUT2D eigenvalue weighted by Gasteiger charge is -2.11. The van der Waals surface area contributed by atoms with Gasteiger partial charge in [0.2, 0.25) is 5.91 Å². The van der Waals surface area contributed by atoms with Crippen molar-refractivity contribution in [2.24, 2.45) is 0 Å². The van der Waals surface area contributed by atoms with Crippen molar-refractivity contribution in [3.63, 3.8) is 0 Å². The largest absolute Gasteiger partial charge is 0.376 e. The van der Waals surface area contributed by atoms with Crippen molar-refractivity contribution in [2.45, 2.75) is 25.9 Å². The second-order valence-electron chi connectivity index (χ2n) is 5.06. The van der Waals surface area contributed by atoms with Gasteiger partial charge in [0.1, 0.15) is 0 Å². The van der Waals surface area contributed by atoms with Gasteiger partial charge >= 0.3 is 11.8 Å². The molecule has 3 N–H and O–H groups in total. The molecule has 1 atom stereocenters. The molecule has 1 aliphatic rings. The van der Waals surface area contributed by atoms with Gasteiger partial charge in [0.25, 0.3) is 0 Å². The van der Waals surface area contributed by atoms with Crippen LogP contribution in [0.2, 0.25) is 0 Å². The highest BCUT2D eigenvalue weighted by atomic mass is 16.5. The van der Waals surface area contributed by atoms with E-state index in [1.807, 2.05) is 0 Å². The lowest BCUT2D eigenvalue weighted by atomic mass is 10.2. The Hall–Kier alpha value is -2.41. The maximum absolute atomic E-state index is 11.7. The number of hydrogen-bond acceptors (Lipinski definition) is 4. The van der Waals surface area contributed by atoms with E-state index in [1.54, 1.807) is 24.3 Å². The predicted octanol–water partition coefficient (Wildman–Crippen LogP) is 0.879. The van der Waals surface area contributed by atoms with E-state index in [1.165, 1.54) is 6.92 Å². The summed E-state index contributed by atoms with van der Waals surface area (Å²) in [6.45, 7) is 2.45. The third kappa shape index (κ3) is 4.85. The van der Waals surface area contributed by atoms with Crippen LogP contribution in [-0.2, 0) is 19.1 Å². The molecule has 0 bridgehead atoms. The first-order chi connectivity index (χ1) is 10.5. The number of hydrogen-bond donors (Lipinski definition) is 3. The summed E-state index contributed by atoms with van der Waals surface area (Å²) in [6.07, 6.45) is 1.87. The molecule has 1 aliphatic heterocycles. The predicted molar refractivity (Wildman–Crippen MR) is 81.4 cm³/mol. The van der Waals surface area contributed by atoms with Crippen LogP contribution in [0.4, 0.5) is 11.4 Å². The van der Waals surface area contributed by atoms with Gasteiger partial charge in [-0.15, -0.1) is 0 Å². The van der Waals surface area contributed by atoms with Gasteiger partial charge in [-0.3, -0.25) is 14.4 Å². The molecule has 0 aromatic heterocycles. The smallest absolute Gasteiger partial charge is 0.313 e. The van der Waals surface area contributed by atoms with Crippen LogP contribution in [0.15, 0.2) is 24.3 Å². The number of nitrogens with one attached hydrogen (secondary N) is 3. The number of amides is 3. The van der Waals surface area contributed by atoms with Gasteiger partial charge in [-0.05, 0) is 37.1 Å². The highest BCUT2D eigenvalue weighted by molar-refractivity contribution is 6.39. The number of carbonyl (C=O) groups excluding carboxylic acids is 3. The van der Waals surface area contributed by atoms with Gasteiger partial charge in [0.05, 0.1) is 6.10 Å². The summed E-state index contributed by atoms with van der Waals surface area (Å²) in [5, 5.41) is 7.66. The summed E-state index contributed by atoms with van der Waals surface area (Å²) >= 11 is 0. The monoisotopic (exact) mass is 305 g/mol. The minimum absolute atomic E-state index is 0.00584. The van der Waals surface area contributed by atoms with E-state index in [4.69, 9.17) is 4.74 Å². The standard InChI is InChI=1S/C15H19N3O4/c1-10(19)17-11-4-6-12(7-5-11)18-15(21)14(20)16-9-13-3-2-8-22-13/h4-7,13H,2-3,8-9H2,1H3,(H,16,20)(H,17,19)(H,18,21). The topological polar surface area (TPSA) is 96.5 Å². The maximum Gasteiger partial charge on any atom is 0.313 e. The van der Waals surface area contributed by atoms with E-state index in [-0.39, 0.29) is 12.0 Å².